The molecule has 7 heteroatoms. The Kier molecular flexibility index (Phi) is 13.1. The van der Waals surface area contributed by atoms with Crippen molar-refractivity contribution in [1.29, 1.82) is 0 Å². The molecule has 2 heterocycles. The van der Waals surface area contributed by atoms with E-state index in [0.717, 1.165) is 51.4 Å². The van der Waals surface area contributed by atoms with Crippen molar-refractivity contribution in [3.05, 3.63) is 0 Å². The molecule has 0 aromatic heterocycles. The van der Waals surface area contributed by atoms with Gasteiger partial charge in [-0.15, -0.1) is 0 Å². The van der Waals surface area contributed by atoms with Gasteiger partial charge in [-0.05, 0) is 149 Å². The van der Waals surface area contributed by atoms with Gasteiger partial charge in [0.1, 0.15) is 0 Å². The van der Waals surface area contributed by atoms with E-state index in [1.165, 1.54) is 0 Å². The highest BCUT2D eigenvalue weighted by Crippen LogP contribution is 2.54. The molecule has 3 fully saturated rings. The molecule has 3 rings (SSSR count). The van der Waals surface area contributed by atoms with Gasteiger partial charge in [0.2, 0.25) is 0 Å². The Bertz CT molecular complexity index is 962. The van der Waals surface area contributed by atoms with Crippen molar-refractivity contribution in [2.24, 2.45) is 34.0 Å². The average Bonchev–Trinajstić information content (AvgIpc) is 2.91. The topological polar surface area (TPSA) is 85.6 Å². The summed E-state index contributed by atoms with van der Waals surface area (Å²) in [5, 5.41) is 37.0. The highest BCUT2D eigenvalue weighted by molar-refractivity contribution is 5.03. The Hall–Kier alpha value is -0.280. The Morgan fingerprint density at radius 3 is 1.27 bits per heavy atom. The molecule has 0 bridgehead atoms. The second kappa shape index (κ2) is 14.9. The lowest BCUT2D eigenvalue weighted by atomic mass is 9.56. The number of aliphatic hydroxyl groups is 3. The molecule has 0 radical (unpaired) electrons. The first kappa shape index (κ1) is 43.1. The van der Waals surface area contributed by atoms with Crippen LogP contribution in [0.15, 0.2) is 0 Å². The number of nitrogens with zero attached hydrogens (tertiary/aromatic N) is 2. The molecule has 4 unspecified atom stereocenters. The van der Waals surface area contributed by atoms with E-state index in [1.807, 2.05) is 0 Å². The summed E-state index contributed by atoms with van der Waals surface area (Å²) in [7, 11) is 4.38. The Morgan fingerprint density at radius 1 is 0.653 bits per heavy atom. The minimum absolute atomic E-state index is 0.0749. The molecule has 0 amide bonds. The molecule has 4 atom stereocenters. The first-order valence-corrected chi connectivity index (χ1v) is 19.8. The van der Waals surface area contributed by atoms with Gasteiger partial charge in [0, 0.05) is 22.2 Å². The highest BCUT2D eigenvalue weighted by atomic mass is 16.6. The molecular weight excluding hydrogens is 612 g/mol. The molecule has 1 aliphatic carbocycles. The predicted octanol–water partition coefficient (Wildman–Crippen LogP) is 8.62. The van der Waals surface area contributed by atoms with Crippen LogP contribution < -0.4 is 0 Å². The van der Waals surface area contributed by atoms with E-state index in [1.54, 1.807) is 0 Å². The van der Waals surface area contributed by atoms with Gasteiger partial charge in [0.15, 0.2) is 12.6 Å². The number of likely N-dealkylation sites (tertiary alicyclic amines) is 2. The summed E-state index contributed by atoms with van der Waals surface area (Å²) in [6.07, 6.45) is 4.87. The molecule has 0 spiro atoms. The SMILES string of the molecule is CCCCC(CC1CC(C(C)(C)C)C(O)C(C(C)(C)C)C1)(C(O)OC1CC(C)(C)N(C)C(C)(C)C1)C(O)OC1CC(C)(C)N(C)C(C)(C)C1. The largest absolute Gasteiger partial charge is 0.393 e. The zero-order valence-corrected chi connectivity index (χ0v) is 35.2. The first-order chi connectivity index (χ1) is 22.0. The van der Waals surface area contributed by atoms with E-state index < -0.39 is 24.1 Å². The molecule has 2 saturated heterocycles. The first-order valence-electron chi connectivity index (χ1n) is 19.8. The van der Waals surface area contributed by atoms with Crippen LogP contribution >= 0.6 is 0 Å². The quantitative estimate of drug-likeness (QED) is 0.187. The van der Waals surface area contributed by atoms with E-state index in [9.17, 15) is 15.3 Å². The van der Waals surface area contributed by atoms with Crippen molar-refractivity contribution in [2.45, 2.75) is 221 Å². The molecule has 49 heavy (non-hydrogen) atoms. The van der Waals surface area contributed by atoms with Gasteiger partial charge in [0.05, 0.1) is 23.7 Å². The van der Waals surface area contributed by atoms with E-state index >= 15 is 0 Å². The lowest BCUT2D eigenvalue weighted by molar-refractivity contribution is -0.310. The molecule has 3 N–H and O–H groups in total. The number of hydrogen-bond donors (Lipinski definition) is 3. The minimum Gasteiger partial charge on any atom is -0.393 e. The molecular formula is C42H82N2O5. The lowest BCUT2D eigenvalue weighted by Gasteiger charge is -2.56. The van der Waals surface area contributed by atoms with Crippen LogP contribution in [0, 0.1) is 34.0 Å². The van der Waals surface area contributed by atoms with Gasteiger partial charge >= 0.3 is 0 Å². The molecule has 0 aromatic carbocycles. The number of hydrogen-bond acceptors (Lipinski definition) is 7. The third-order valence-corrected chi connectivity index (χ3v) is 14.1. The number of unbranched alkanes of at least 4 members (excludes halogenated alkanes) is 1. The second-order valence-corrected chi connectivity index (χ2v) is 21.7. The van der Waals surface area contributed by atoms with Crippen LogP contribution in [-0.4, -0.2) is 92.3 Å². The van der Waals surface area contributed by atoms with Crippen LogP contribution in [0.25, 0.3) is 0 Å². The standard InChI is InChI=1S/C42H82N2O5/c1-18-19-20-42(34(46)48-29-24-38(8,9)43(16)39(10,11)25-29,35(47)49-30-26-40(12,13)44(17)41(14,15)27-30)23-28-21-31(36(2,3)4)33(45)32(22-28)37(5,6)7/h28-35,45-47H,18-27H2,1-17H3. The fraction of sp³-hybridized carbons (Fsp3) is 1.00. The van der Waals surface area contributed by atoms with Crippen molar-refractivity contribution < 1.29 is 24.8 Å². The number of rotatable bonds is 11. The van der Waals surface area contributed by atoms with Gasteiger partial charge in [-0.3, -0.25) is 9.80 Å². The molecule has 290 valence electrons. The van der Waals surface area contributed by atoms with Gasteiger partial charge in [-0.1, -0.05) is 61.3 Å². The van der Waals surface area contributed by atoms with Crippen LogP contribution in [0.5, 0.6) is 0 Å². The van der Waals surface area contributed by atoms with Crippen molar-refractivity contribution in [2.75, 3.05) is 14.1 Å². The van der Waals surface area contributed by atoms with Gasteiger partial charge in [0.25, 0.3) is 0 Å². The summed E-state index contributed by atoms with van der Waals surface area (Å²) in [5.41, 5.74) is -1.56. The van der Waals surface area contributed by atoms with Crippen molar-refractivity contribution in [3.63, 3.8) is 0 Å². The zero-order chi connectivity index (χ0) is 37.8. The summed E-state index contributed by atoms with van der Waals surface area (Å²) in [6, 6.07) is 0. The Morgan fingerprint density at radius 2 is 0.980 bits per heavy atom. The van der Waals surface area contributed by atoms with Gasteiger partial charge < -0.3 is 24.8 Å². The smallest absolute Gasteiger partial charge is 0.165 e. The summed E-state index contributed by atoms with van der Waals surface area (Å²) >= 11 is 0. The normalized spacial score (nSPS) is 32.8. The predicted molar refractivity (Wildman–Crippen MR) is 203 cm³/mol. The van der Waals surface area contributed by atoms with Crippen LogP contribution in [0.4, 0.5) is 0 Å². The van der Waals surface area contributed by atoms with E-state index in [2.05, 4.69) is 128 Å². The van der Waals surface area contributed by atoms with Crippen LogP contribution in [0.1, 0.15) is 168 Å². The van der Waals surface area contributed by atoms with Gasteiger partial charge in [-0.2, -0.15) is 0 Å². The van der Waals surface area contributed by atoms with E-state index in [0.29, 0.717) is 12.8 Å². The number of aliphatic hydroxyl groups excluding tert-OH is 3. The third kappa shape index (κ3) is 9.64. The molecule has 3 aliphatic rings. The van der Waals surface area contributed by atoms with Gasteiger partial charge in [-0.25, -0.2) is 0 Å². The Balaban J connectivity index is 2.09. The maximum atomic E-state index is 12.6. The summed E-state index contributed by atoms with van der Waals surface area (Å²) < 4.78 is 13.7. The highest BCUT2D eigenvalue weighted by Gasteiger charge is 2.55. The van der Waals surface area contributed by atoms with E-state index in [4.69, 9.17) is 9.47 Å². The Labute approximate surface area is 303 Å². The summed E-state index contributed by atoms with van der Waals surface area (Å²) in [6.45, 7) is 33.7. The van der Waals surface area contributed by atoms with Crippen LogP contribution in [-0.2, 0) is 9.47 Å². The molecule has 2 aliphatic heterocycles. The lowest BCUT2D eigenvalue weighted by Crippen LogP contribution is -2.62. The number of ether oxygens (including phenoxy) is 2. The van der Waals surface area contributed by atoms with Crippen LogP contribution in [0.2, 0.25) is 0 Å². The number of piperidine rings is 2. The third-order valence-electron chi connectivity index (χ3n) is 14.1. The van der Waals surface area contributed by atoms with Crippen molar-refractivity contribution in [3.8, 4) is 0 Å². The monoisotopic (exact) mass is 695 g/mol. The van der Waals surface area contributed by atoms with Crippen molar-refractivity contribution >= 4 is 0 Å². The second-order valence-electron chi connectivity index (χ2n) is 21.7. The fourth-order valence-corrected chi connectivity index (χ4v) is 10.4. The van der Waals surface area contributed by atoms with Crippen LogP contribution in [0.3, 0.4) is 0 Å². The molecule has 7 nitrogen and oxygen atoms in total. The average molecular weight is 695 g/mol. The zero-order valence-electron chi connectivity index (χ0n) is 35.2. The maximum Gasteiger partial charge on any atom is 0.165 e. The van der Waals surface area contributed by atoms with E-state index in [-0.39, 0.29) is 62.9 Å². The fourth-order valence-electron chi connectivity index (χ4n) is 10.4. The van der Waals surface area contributed by atoms with Crippen molar-refractivity contribution in [1.82, 2.24) is 9.80 Å². The molecule has 1 saturated carbocycles. The summed E-state index contributed by atoms with van der Waals surface area (Å²) in [5.74, 6) is 0.420. The minimum atomic E-state index is -1.19. The summed E-state index contributed by atoms with van der Waals surface area (Å²) in [4.78, 5) is 4.87. The maximum absolute atomic E-state index is 12.6. The molecule has 0 aromatic rings.